The predicted octanol–water partition coefficient (Wildman–Crippen LogP) is 5.38. The smallest absolute Gasteiger partial charge is 0.415 e. The number of benzene rings is 1. The number of rotatable bonds is 0. The van der Waals surface area contributed by atoms with Crippen molar-refractivity contribution >= 4 is 27.7 Å². The largest absolute Gasteiger partial charge is 0.443 e. The van der Waals surface area contributed by atoms with Crippen LogP contribution in [0.2, 0.25) is 0 Å². The highest BCUT2D eigenvalue weighted by Crippen LogP contribution is 2.41. The Balaban J connectivity index is 2.51. The highest BCUT2D eigenvalue weighted by atomic mass is 79.9. The molecule has 7 heteroatoms. The Kier molecular flexibility index (Phi) is 4.72. The summed E-state index contributed by atoms with van der Waals surface area (Å²) in [4.78, 5) is 13.2. The molecule has 1 aliphatic rings. The molecule has 1 heterocycles. The second-order valence-corrected chi connectivity index (χ2v) is 7.53. The molecule has 0 spiro atoms. The average Bonchev–Trinajstić information content (AvgIpc) is 2.35. The van der Waals surface area contributed by atoms with Gasteiger partial charge in [0.05, 0.1) is 5.69 Å². The fraction of sp³-hybridized carbons (Fsp3) is 0.562. The molecule has 1 amide bonds. The first-order valence-corrected chi connectivity index (χ1v) is 8.07. The van der Waals surface area contributed by atoms with Crippen LogP contribution in [0.4, 0.5) is 23.7 Å². The van der Waals surface area contributed by atoms with Crippen molar-refractivity contribution < 1.29 is 22.7 Å². The molecule has 0 saturated heterocycles. The fourth-order valence-electron chi connectivity index (χ4n) is 2.59. The summed E-state index contributed by atoms with van der Waals surface area (Å²) in [5, 5.41) is 0. The molecule has 0 bridgehead atoms. The van der Waals surface area contributed by atoms with Gasteiger partial charge in [-0.15, -0.1) is 0 Å². The lowest BCUT2D eigenvalue weighted by Crippen LogP contribution is -2.53. The summed E-state index contributed by atoms with van der Waals surface area (Å²) in [5.41, 5.74) is 1.02. The summed E-state index contributed by atoms with van der Waals surface area (Å²) in [5.74, 6) is 0. The Morgan fingerprint density at radius 3 is 2.43 bits per heavy atom. The number of nitrogens with zero attached hydrogens (tertiary/aromatic N) is 1. The predicted molar refractivity (Wildman–Crippen MR) is 85.8 cm³/mol. The molecule has 128 valence electrons. The third-order valence-electron chi connectivity index (χ3n) is 3.59. The monoisotopic (exact) mass is 393 g/mol. The third kappa shape index (κ3) is 4.00. The molecule has 1 atom stereocenters. The maximum Gasteiger partial charge on any atom is 0.415 e. The van der Waals surface area contributed by atoms with Crippen LogP contribution in [0.3, 0.4) is 0 Å². The first-order valence-electron chi connectivity index (χ1n) is 7.28. The number of hydrogen-bond acceptors (Lipinski definition) is 2. The average molecular weight is 394 g/mol. The van der Waals surface area contributed by atoms with E-state index in [0.717, 1.165) is 16.0 Å². The maximum absolute atomic E-state index is 13.4. The number of amides is 1. The van der Waals surface area contributed by atoms with Crippen LogP contribution in [0.5, 0.6) is 0 Å². The van der Waals surface area contributed by atoms with Crippen LogP contribution >= 0.6 is 15.9 Å². The van der Waals surface area contributed by atoms with Gasteiger partial charge in [-0.05, 0) is 57.7 Å². The van der Waals surface area contributed by atoms with Crippen molar-refractivity contribution in [3.63, 3.8) is 0 Å². The van der Waals surface area contributed by atoms with Gasteiger partial charge in [0.1, 0.15) is 11.6 Å². The molecular weight excluding hydrogens is 375 g/mol. The molecule has 0 aromatic heterocycles. The topological polar surface area (TPSA) is 29.5 Å². The number of alkyl halides is 3. The van der Waals surface area contributed by atoms with E-state index >= 15 is 0 Å². The quantitative estimate of drug-likeness (QED) is 0.592. The first kappa shape index (κ1) is 18.1. The van der Waals surface area contributed by atoms with Gasteiger partial charge in [0, 0.05) is 4.47 Å². The minimum atomic E-state index is -4.51. The number of anilines is 1. The molecule has 1 aromatic rings. The van der Waals surface area contributed by atoms with E-state index in [0.29, 0.717) is 4.47 Å². The SMILES string of the molecule is Cc1cc2c(cc1Br)N(C(=O)OC(C)(C)C)C(C(F)(F)F)CC2. The Hall–Kier alpha value is -1.24. The zero-order valence-corrected chi connectivity index (χ0v) is 15.0. The van der Waals surface area contributed by atoms with Gasteiger partial charge in [-0.2, -0.15) is 13.2 Å². The molecule has 0 N–H and O–H groups in total. The molecule has 0 fully saturated rings. The van der Waals surface area contributed by atoms with Crippen LogP contribution in [0.25, 0.3) is 0 Å². The Bertz CT molecular complexity index is 623. The van der Waals surface area contributed by atoms with Gasteiger partial charge in [0.15, 0.2) is 0 Å². The number of ether oxygens (including phenoxy) is 1. The number of carbonyl (C=O) groups excluding carboxylic acids is 1. The molecule has 3 nitrogen and oxygen atoms in total. The number of halogens is 4. The summed E-state index contributed by atoms with van der Waals surface area (Å²) in [6.45, 7) is 6.74. The van der Waals surface area contributed by atoms with Gasteiger partial charge in [-0.3, -0.25) is 4.90 Å². The summed E-state index contributed by atoms with van der Waals surface area (Å²) in [7, 11) is 0. The third-order valence-corrected chi connectivity index (χ3v) is 4.44. The summed E-state index contributed by atoms with van der Waals surface area (Å²) in [6.07, 6.45) is -5.38. The summed E-state index contributed by atoms with van der Waals surface area (Å²) in [6, 6.07) is 1.50. The fourth-order valence-corrected chi connectivity index (χ4v) is 2.92. The molecule has 1 aliphatic heterocycles. The minimum Gasteiger partial charge on any atom is -0.443 e. The molecule has 0 radical (unpaired) electrons. The van der Waals surface area contributed by atoms with E-state index < -0.39 is 23.9 Å². The second-order valence-electron chi connectivity index (χ2n) is 6.68. The van der Waals surface area contributed by atoms with Gasteiger partial charge in [-0.1, -0.05) is 22.0 Å². The van der Waals surface area contributed by atoms with Crippen molar-refractivity contribution in [3.05, 3.63) is 27.7 Å². The molecule has 1 unspecified atom stereocenters. The summed E-state index contributed by atoms with van der Waals surface area (Å²) < 4.78 is 46.1. The first-order chi connectivity index (χ1) is 10.4. The van der Waals surface area contributed by atoms with Crippen LogP contribution in [0.1, 0.15) is 38.3 Å². The standard InChI is InChI=1S/C16H19BrF3NO2/c1-9-7-10-5-6-13(16(18,19)20)21(12(10)8-11(9)17)14(22)23-15(2,3)4/h7-8,13H,5-6H2,1-4H3. The minimum absolute atomic E-state index is 0.170. The molecule has 2 rings (SSSR count). The zero-order chi connectivity index (χ0) is 17.6. The van der Waals surface area contributed by atoms with Gasteiger partial charge in [0.25, 0.3) is 0 Å². The van der Waals surface area contributed by atoms with E-state index in [4.69, 9.17) is 4.74 Å². The van der Waals surface area contributed by atoms with Crippen molar-refractivity contribution in [2.75, 3.05) is 4.90 Å². The van der Waals surface area contributed by atoms with Gasteiger partial charge < -0.3 is 4.74 Å². The maximum atomic E-state index is 13.4. The summed E-state index contributed by atoms with van der Waals surface area (Å²) >= 11 is 3.32. The van der Waals surface area contributed by atoms with Crippen LogP contribution in [0.15, 0.2) is 16.6 Å². The van der Waals surface area contributed by atoms with Crippen molar-refractivity contribution in [3.8, 4) is 0 Å². The van der Waals surface area contributed by atoms with E-state index in [1.807, 2.05) is 13.0 Å². The number of fused-ring (bicyclic) bond motifs is 1. The molecule has 0 saturated carbocycles. The lowest BCUT2D eigenvalue weighted by molar-refractivity contribution is -0.150. The lowest BCUT2D eigenvalue weighted by Gasteiger charge is -2.39. The normalized spacial score (nSPS) is 18.6. The van der Waals surface area contributed by atoms with E-state index in [1.54, 1.807) is 26.8 Å². The Labute approximate surface area is 141 Å². The van der Waals surface area contributed by atoms with Crippen molar-refractivity contribution in [2.45, 2.75) is 58.4 Å². The van der Waals surface area contributed by atoms with E-state index in [-0.39, 0.29) is 18.5 Å². The number of hydrogen-bond donors (Lipinski definition) is 0. The highest BCUT2D eigenvalue weighted by Gasteiger charge is 2.49. The van der Waals surface area contributed by atoms with Crippen LogP contribution in [-0.4, -0.2) is 23.9 Å². The van der Waals surface area contributed by atoms with E-state index in [2.05, 4.69) is 15.9 Å². The highest BCUT2D eigenvalue weighted by molar-refractivity contribution is 9.10. The van der Waals surface area contributed by atoms with E-state index in [9.17, 15) is 18.0 Å². The molecule has 0 aliphatic carbocycles. The Morgan fingerprint density at radius 2 is 1.91 bits per heavy atom. The lowest BCUT2D eigenvalue weighted by atomic mass is 9.94. The van der Waals surface area contributed by atoms with Gasteiger partial charge in [0.2, 0.25) is 0 Å². The molecule has 1 aromatic carbocycles. The zero-order valence-electron chi connectivity index (χ0n) is 13.4. The second kappa shape index (κ2) is 6.00. The van der Waals surface area contributed by atoms with Crippen molar-refractivity contribution in [1.29, 1.82) is 0 Å². The molecular formula is C16H19BrF3NO2. The van der Waals surface area contributed by atoms with Crippen LogP contribution < -0.4 is 4.90 Å². The van der Waals surface area contributed by atoms with Crippen molar-refractivity contribution in [1.82, 2.24) is 0 Å². The van der Waals surface area contributed by atoms with E-state index in [1.165, 1.54) is 0 Å². The number of aryl methyl sites for hydroxylation is 2. The molecule has 23 heavy (non-hydrogen) atoms. The Morgan fingerprint density at radius 1 is 1.30 bits per heavy atom. The van der Waals surface area contributed by atoms with Crippen molar-refractivity contribution in [2.24, 2.45) is 0 Å². The van der Waals surface area contributed by atoms with Gasteiger partial charge >= 0.3 is 12.3 Å². The van der Waals surface area contributed by atoms with Crippen LogP contribution in [-0.2, 0) is 11.2 Å². The van der Waals surface area contributed by atoms with Gasteiger partial charge in [-0.25, -0.2) is 4.79 Å². The van der Waals surface area contributed by atoms with Crippen LogP contribution in [0, 0.1) is 6.92 Å². The number of carbonyl (C=O) groups is 1.